The smallest absolute Gasteiger partial charge is 0.328 e. The van der Waals surface area contributed by atoms with Gasteiger partial charge in [0.15, 0.2) is 0 Å². The van der Waals surface area contributed by atoms with Crippen molar-refractivity contribution in [2.45, 2.75) is 32.4 Å². The van der Waals surface area contributed by atoms with Crippen molar-refractivity contribution in [2.24, 2.45) is 5.92 Å². The van der Waals surface area contributed by atoms with Crippen LogP contribution in [0.3, 0.4) is 0 Å². The molecule has 3 N–H and O–H groups in total. The third-order valence-corrected chi connectivity index (χ3v) is 3.43. The zero-order valence-electron chi connectivity index (χ0n) is 10.8. The van der Waals surface area contributed by atoms with Crippen LogP contribution in [0.15, 0.2) is 0 Å². The van der Waals surface area contributed by atoms with Crippen LogP contribution in [0.2, 0.25) is 0 Å². The highest BCUT2D eigenvalue weighted by Gasteiger charge is 2.35. The van der Waals surface area contributed by atoms with E-state index in [1.54, 1.807) is 0 Å². The molecule has 6 heteroatoms. The van der Waals surface area contributed by atoms with Crippen LogP contribution in [0, 0.1) is 5.92 Å². The van der Waals surface area contributed by atoms with Crippen molar-refractivity contribution in [3.05, 3.63) is 0 Å². The largest absolute Gasteiger partial charge is 0.386 e. The summed E-state index contributed by atoms with van der Waals surface area (Å²) in [7, 11) is 1.63. The molecule has 0 spiro atoms. The molecular weight excluding hydrogens is 229 g/mol. The van der Waals surface area contributed by atoms with Crippen molar-refractivity contribution in [3.8, 4) is 0 Å². The molecule has 0 rings (SSSR count). The highest BCUT2D eigenvalue weighted by molar-refractivity contribution is 7.51. The maximum absolute atomic E-state index is 10.9. The highest BCUT2D eigenvalue weighted by atomic mass is 31.2. The van der Waals surface area contributed by atoms with Gasteiger partial charge >= 0.3 is 7.60 Å². The topological polar surface area (TPSA) is 77.8 Å². The molecule has 2 atom stereocenters. The second-order valence-corrected chi connectivity index (χ2v) is 7.42. The summed E-state index contributed by atoms with van der Waals surface area (Å²) in [5.74, 6) is 0.383. The van der Waals surface area contributed by atoms with E-state index >= 15 is 0 Å². The Bertz CT molecular complexity index is 256. The van der Waals surface area contributed by atoms with Crippen molar-refractivity contribution >= 4 is 7.60 Å². The molecule has 0 radical (unpaired) electrons. The summed E-state index contributed by atoms with van der Waals surface area (Å²) in [6, 6.07) is -0.160. The average Bonchev–Trinajstić information content (AvgIpc) is 1.93. The van der Waals surface area contributed by atoms with E-state index in [-0.39, 0.29) is 6.04 Å². The van der Waals surface area contributed by atoms with E-state index in [1.807, 2.05) is 35.0 Å². The lowest BCUT2D eigenvalue weighted by Crippen LogP contribution is -2.53. The Labute approximate surface area is 97.8 Å². The maximum Gasteiger partial charge on any atom is 0.328 e. The van der Waals surface area contributed by atoms with Gasteiger partial charge in [0.25, 0.3) is 0 Å². The minimum Gasteiger partial charge on any atom is -0.386 e. The van der Waals surface area contributed by atoms with Crippen molar-refractivity contribution in [3.63, 3.8) is 0 Å². The second-order valence-electron chi connectivity index (χ2n) is 5.73. The van der Waals surface area contributed by atoms with Crippen LogP contribution >= 0.6 is 7.60 Å². The molecule has 16 heavy (non-hydrogen) atoms. The molecule has 0 aliphatic rings. The predicted molar refractivity (Wildman–Crippen MR) is 64.2 cm³/mol. The third kappa shape index (κ3) is 6.61. The van der Waals surface area contributed by atoms with E-state index in [2.05, 4.69) is 0 Å². The normalized spacial score (nSPS) is 17.6. The zero-order valence-corrected chi connectivity index (χ0v) is 11.7. The highest BCUT2D eigenvalue weighted by Crippen LogP contribution is 2.37. The lowest BCUT2D eigenvalue weighted by molar-refractivity contribution is -0.900. The van der Waals surface area contributed by atoms with Gasteiger partial charge in [0.05, 0.1) is 27.3 Å². The molecule has 98 valence electrons. The van der Waals surface area contributed by atoms with E-state index in [4.69, 9.17) is 9.79 Å². The van der Waals surface area contributed by atoms with Gasteiger partial charge in [-0.1, -0.05) is 13.8 Å². The van der Waals surface area contributed by atoms with Gasteiger partial charge in [-0.3, -0.25) is 4.57 Å². The Balaban J connectivity index is 4.70. The summed E-state index contributed by atoms with van der Waals surface area (Å²) in [6.07, 6.45) is -0.687. The van der Waals surface area contributed by atoms with E-state index in [0.29, 0.717) is 10.4 Å². The zero-order chi connectivity index (χ0) is 13.1. The number of quaternary nitrogens is 1. The van der Waals surface area contributed by atoms with Crippen LogP contribution in [0.1, 0.15) is 20.3 Å². The molecule has 0 aromatic rings. The van der Waals surface area contributed by atoms with Gasteiger partial charge < -0.3 is 19.4 Å². The molecule has 5 nitrogen and oxygen atoms in total. The minimum atomic E-state index is -4.15. The van der Waals surface area contributed by atoms with E-state index in [9.17, 15) is 9.67 Å². The molecule has 0 heterocycles. The number of nitrogens with zero attached hydrogens (tertiary/aromatic N) is 1. The Morgan fingerprint density at radius 3 is 1.88 bits per heavy atom. The summed E-state index contributed by atoms with van der Waals surface area (Å²) in [6.45, 7) is 4.07. The molecule has 0 aromatic carbocycles. The molecule has 0 saturated carbocycles. The molecule has 0 fully saturated rings. The Morgan fingerprint density at radius 1 is 1.19 bits per heavy atom. The predicted octanol–water partition coefficient (Wildman–Crippen LogP) is 0.646. The van der Waals surface area contributed by atoms with Crippen molar-refractivity contribution in [2.75, 3.05) is 27.3 Å². The van der Waals surface area contributed by atoms with Crippen LogP contribution in [0.4, 0.5) is 0 Å². The molecule has 0 aliphatic heterocycles. The van der Waals surface area contributed by atoms with E-state index in [0.717, 1.165) is 6.42 Å². The third-order valence-electron chi connectivity index (χ3n) is 2.58. The number of likely N-dealkylation sites (N-methyl/N-ethyl adjacent to an activating group) is 1. The van der Waals surface area contributed by atoms with Gasteiger partial charge in [0.1, 0.15) is 12.1 Å². The molecule has 0 bridgehead atoms. The fourth-order valence-electron chi connectivity index (χ4n) is 1.84. The summed E-state index contributed by atoms with van der Waals surface area (Å²) in [5.41, 5.74) is 0. The number of hydrogen-bond donors (Lipinski definition) is 3. The van der Waals surface area contributed by atoms with Gasteiger partial charge in [-0.25, -0.2) is 0 Å². The Kier molecular flexibility index (Phi) is 5.63. The molecule has 0 aromatic heterocycles. The average molecular weight is 254 g/mol. The first-order chi connectivity index (χ1) is 6.93. The van der Waals surface area contributed by atoms with Crippen molar-refractivity contribution in [1.29, 1.82) is 0 Å². The van der Waals surface area contributed by atoms with Crippen LogP contribution in [0.25, 0.3) is 0 Å². The van der Waals surface area contributed by atoms with Crippen LogP contribution in [-0.4, -0.2) is 58.8 Å². The molecule has 0 aliphatic carbocycles. The van der Waals surface area contributed by atoms with E-state index < -0.39 is 19.9 Å². The second kappa shape index (κ2) is 5.61. The SMILES string of the molecule is CC(C)C[C@H]([C@@H](O)CP(=O)(O)O)[N+](C)(C)C. The molecule has 0 saturated heterocycles. The number of aliphatic hydroxyl groups is 1. The Hall–Kier alpha value is 0.0700. The summed E-state index contributed by atoms with van der Waals surface area (Å²) in [5, 5.41) is 9.92. The number of rotatable bonds is 6. The number of hydrogen-bond acceptors (Lipinski definition) is 2. The fraction of sp³-hybridized carbons (Fsp3) is 1.00. The van der Waals surface area contributed by atoms with Crippen molar-refractivity contribution in [1.82, 2.24) is 0 Å². The fourth-order valence-corrected chi connectivity index (χ4v) is 2.57. The van der Waals surface area contributed by atoms with Crippen LogP contribution in [0.5, 0.6) is 0 Å². The summed E-state index contributed by atoms with van der Waals surface area (Å²) < 4.78 is 11.4. The van der Waals surface area contributed by atoms with Gasteiger partial charge in [-0.05, 0) is 5.92 Å². The van der Waals surface area contributed by atoms with Gasteiger partial charge in [-0.15, -0.1) is 0 Å². The van der Waals surface area contributed by atoms with E-state index in [1.165, 1.54) is 0 Å². The standard InChI is InChI=1S/C10H24NO4P/c1-8(2)6-9(11(3,4)5)10(12)7-16(13,14)15/h8-10,12H,6-7H2,1-5H3,(H-,13,14,15)/p+1/t9-,10+/m1/s1. The lowest BCUT2D eigenvalue weighted by Gasteiger charge is -2.38. The number of aliphatic hydroxyl groups excluding tert-OH is 1. The first kappa shape index (κ1) is 16.1. The van der Waals surface area contributed by atoms with Gasteiger partial charge in [0.2, 0.25) is 0 Å². The lowest BCUT2D eigenvalue weighted by atomic mass is 9.97. The first-order valence-electron chi connectivity index (χ1n) is 5.47. The summed E-state index contributed by atoms with van der Waals surface area (Å²) >= 11 is 0. The van der Waals surface area contributed by atoms with Crippen molar-refractivity contribution < 1.29 is 23.9 Å². The molecule has 0 unspecified atom stereocenters. The minimum absolute atomic E-state index is 0.160. The first-order valence-corrected chi connectivity index (χ1v) is 7.27. The maximum atomic E-state index is 10.9. The van der Waals surface area contributed by atoms with Gasteiger partial charge in [0, 0.05) is 6.42 Å². The summed E-state index contributed by atoms with van der Waals surface area (Å²) in [4.78, 5) is 17.8. The van der Waals surface area contributed by atoms with Gasteiger partial charge in [-0.2, -0.15) is 0 Å². The Morgan fingerprint density at radius 2 is 1.62 bits per heavy atom. The molecular formula is C10H25NO4P+. The molecule has 0 amide bonds. The van der Waals surface area contributed by atoms with Crippen LogP contribution < -0.4 is 0 Å². The van der Waals surface area contributed by atoms with Crippen LogP contribution in [-0.2, 0) is 4.57 Å². The monoisotopic (exact) mass is 254 g/mol. The quantitative estimate of drug-likeness (QED) is 0.480.